The monoisotopic (exact) mass is 302 g/mol. The van der Waals surface area contributed by atoms with E-state index in [4.69, 9.17) is 4.74 Å². The summed E-state index contributed by atoms with van der Waals surface area (Å²) < 4.78 is 5.34. The summed E-state index contributed by atoms with van der Waals surface area (Å²) in [5.74, 6) is 1.91. The number of benzene rings is 1. The van der Waals surface area contributed by atoms with Gasteiger partial charge in [0, 0.05) is 37.8 Å². The molecule has 120 valence electrons. The Morgan fingerprint density at radius 3 is 2.55 bits per heavy atom. The van der Waals surface area contributed by atoms with Gasteiger partial charge in [0.05, 0.1) is 13.5 Å². The van der Waals surface area contributed by atoms with Gasteiger partial charge in [-0.3, -0.25) is 9.69 Å². The van der Waals surface area contributed by atoms with Gasteiger partial charge in [-0.05, 0) is 31.7 Å². The first-order valence-electron chi connectivity index (χ1n) is 8.32. The lowest BCUT2D eigenvalue weighted by molar-refractivity contribution is -0.132. The molecule has 22 heavy (non-hydrogen) atoms. The van der Waals surface area contributed by atoms with Gasteiger partial charge in [0.2, 0.25) is 5.91 Å². The third kappa shape index (κ3) is 3.43. The number of piperazine rings is 1. The molecule has 0 bridgehead atoms. The number of hydrogen-bond donors (Lipinski definition) is 0. The molecule has 4 heteroatoms. The smallest absolute Gasteiger partial charge is 0.227 e. The van der Waals surface area contributed by atoms with E-state index in [1.807, 2.05) is 29.2 Å². The van der Waals surface area contributed by atoms with Crippen molar-refractivity contribution in [3.8, 4) is 5.75 Å². The molecule has 0 N–H and O–H groups in total. The van der Waals surface area contributed by atoms with Crippen LogP contribution >= 0.6 is 0 Å². The zero-order valence-electron chi connectivity index (χ0n) is 13.6. The van der Waals surface area contributed by atoms with Gasteiger partial charge in [-0.25, -0.2) is 0 Å². The van der Waals surface area contributed by atoms with Crippen LogP contribution in [0, 0.1) is 5.92 Å². The van der Waals surface area contributed by atoms with Crippen molar-refractivity contribution in [3.63, 3.8) is 0 Å². The molecule has 1 aliphatic carbocycles. The van der Waals surface area contributed by atoms with Crippen LogP contribution in [-0.4, -0.2) is 55.0 Å². The zero-order chi connectivity index (χ0) is 15.5. The molecule has 1 aromatic rings. The Hall–Kier alpha value is -1.55. The van der Waals surface area contributed by atoms with Gasteiger partial charge in [0.25, 0.3) is 0 Å². The molecule has 1 amide bonds. The van der Waals surface area contributed by atoms with Crippen LogP contribution in [0.15, 0.2) is 24.3 Å². The summed E-state index contributed by atoms with van der Waals surface area (Å²) in [6, 6.07) is 8.47. The largest absolute Gasteiger partial charge is 0.496 e. The van der Waals surface area contributed by atoms with Gasteiger partial charge in [-0.1, -0.05) is 18.2 Å². The van der Waals surface area contributed by atoms with E-state index in [0.29, 0.717) is 12.5 Å². The number of nitrogens with zero attached hydrogens (tertiary/aromatic N) is 2. The van der Waals surface area contributed by atoms with E-state index in [1.54, 1.807) is 7.11 Å². The second-order valence-corrected chi connectivity index (χ2v) is 6.48. The molecule has 0 aromatic heterocycles. The van der Waals surface area contributed by atoms with E-state index < -0.39 is 0 Å². The van der Waals surface area contributed by atoms with Gasteiger partial charge in [0.15, 0.2) is 0 Å². The number of methoxy groups -OCH3 is 1. The average molecular weight is 302 g/mol. The molecule has 1 heterocycles. The van der Waals surface area contributed by atoms with Crippen molar-refractivity contribution in [2.24, 2.45) is 5.92 Å². The number of carbonyl (C=O) groups is 1. The van der Waals surface area contributed by atoms with Crippen molar-refractivity contribution < 1.29 is 9.53 Å². The van der Waals surface area contributed by atoms with Crippen LogP contribution in [0.3, 0.4) is 0 Å². The molecule has 1 saturated carbocycles. The van der Waals surface area contributed by atoms with Crippen molar-refractivity contribution in [2.45, 2.75) is 32.2 Å². The maximum absolute atomic E-state index is 12.5. The Kier molecular flexibility index (Phi) is 4.67. The molecule has 3 rings (SSSR count). The molecule has 0 radical (unpaired) electrons. The number of ether oxygens (including phenoxy) is 1. The molecule has 0 spiro atoms. The van der Waals surface area contributed by atoms with Crippen LogP contribution in [0.2, 0.25) is 0 Å². The summed E-state index contributed by atoms with van der Waals surface area (Å²) >= 11 is 0. The lowest BCUT2D eigenvalue weighted by Gasteiger charge is -2.38. The second kappa shape index (κ2) is 6.69. The van der Waals surface area contributed by atoms with Gasteiger partial charge in [0.1, 0.15) is 5.75 Å². The normalized spacial score (nSPS) is 20.7. The summed E-state index contributed by atoms with van der Waals surface area (Å²) in [6.07, 6.45) is 3.20. The Morgan fingerprint density at radius 2 is 1.91 bits per heavy atom. The van der Waals surface area contributed by atoms with E-state index in [9.17, 15) is 4.79 Å². The fourth-order valence-corrected chi connectivity index (χ4v) is 3.38. The summed E-state index contributed by atoms with van der Waals surface area (Å²) in [4.78, 5) is 17.1. The average Bonchev–Trinajstić information content (AvgIpc) is 3.40. The fourth-order valence-electron chi connectivity index (χ4n) is 3.38. The number of amides is 1. The first kappa shape index (κ1) is 15.3. The van der Waals surface area contributed by atoms with Crippen LogP contribution in [-0.2, 0) is 11.2 Å². The van der Waals surface area contributed by atoms with Crippen molar-refractivity contribution in [2.75, 3.05) is 33.3 Å². The molecule has 1 unspecified atom stereocenters. The first-order chi connectivity index (χ1) is 10.7. The third-order valence-corrected chi connectivity index (χ3v) is 5.08. The molecule has 1 aliphatic heterocycles. The molecule has 4 nitrogen and oxygen atoms in total. The molecule has 1 saturated heterocycles. The van der Waals surface area contributed by atoms with E-state index in [-0.39, 0.29) is 5.91 Å². The van der Waals surface area contributed by atoms with E-state index >= 15 is 0 Å². The molecular weight excluding hydrogens is 276 g/mol. The van der Waals surface area contributed by atoms with Gasteiger partial charge < -0.3 is 9.64 Å². The van der Waals surface area contributed by atoms with Crippen LogP contribution in [0.25, 0.3) is 0 Å². The Labute approximate surface area is 133 Å². The van der Waals surface area contributed by atoms with Crippen LogP contribution < -0.4 is 4.74 Å². The van der Waals surface area contributed by atoms with Gasteiger partial charge in [-0.2, -0.15) is 0 Å². The minimum absolute atomic E-state index is 0.211. The predicted molar refractivity (Wildman–Crippen MR) is 87.0 cm³/mol. The van der Waals surface area contributed by atoms with Gasteiger partial charge >= 0.3 is 0 Å². The highest BCUT2D eigenvalue weighted by Crippen LogP contribution is 2.35. The summed E-state index contributed by atoms with van der Waals surface area (Å²) in [5, 5.41) is 0. The quantitative estimate of drug-likeness (QED) is 0.836. The van der Waals surface area contributed by atoms with Crippen LogP contribution in [0.4, 0.5) is 0 Å². The maximum Gasteiger partial charge on any atom is 0.227 e. The molecule has 1 aromatic carbocycles. The molecule has 1 atom stereocenters. The standard InChI is InChI=1S/C18H26N2O2/c1-14(15-7-8-15)19-9-11-20(12-10-19)18(21)13-16-5-3-4-6-17(16)22-2/h3-6,14-15H,7-13H2,1-2H3. The van der Waals surface area contributed by atoms with Crippen molar-refractivity contribution >= 4 is 5.91 Å². The van der Waals surface area contributed by atoms with Crippen molar-refractivity contribution in [1.82, 2.24) is 9.80 Å². The summed E-state index contributed by atoms with van der Waals surface area (Å²) in [7, 11) is 1.65. The van der Waals surface area contributed by atoms with E-state index in [0.717, 1.165) is 43.4 Å². The highest BCUT2D eigenvalue weighted by Gasteiger charge is 2.33. The summed E-state index contributed by atoms with van der Waals surface area (Å²) in [6.45, 7) is 6.06. The van der Waals surface area contributed by atoms with E-state index in [1.165, 1.54) is 12.8 Å². The first-order valence-corrected chi connectivity index (χ1v) is 8.32. The number of rotatable bonds is 5. The van der Waals surface area contributed by atoms with E-state index in [2.05, 4.69) is 11.8 Å². The SMILES string of the molecule is COc1ccccc1CC(=O)N1CCN(C(C)C2CC2)CC1. The lowest BCUT2D eigenvalue weighted by atomic mass is 10.1. The highest BCUT2D eigenvalue weighted by molar-refractivity contribution is 5.79. The van der Waals surface area contributed by atoms with Crippen molar-refractivity contribution in [1.29, 1.82) is 0 Å². The lowest BCUT2D eigenvalue weighted by Crippen LogP contribution is -2.52. The zero-order valence-corrected chi connectivity index (χ0v) is 13.6. The third-order valence-electron chi connectivity index (χ3n) is 5.08. The maximum atomic E-state index is 12.5. The van der Waals surface area contributed by atoms with Gasteiger partial charge in [-0.15, -0.1) is 0 Å². The number of hydrogen-bond acceptors (Lipinski definition) is 3. The van der Waals surface area contributed by atoms with Crippen LogP contribution in [0.5, 0.6) is 5.75 Å². The van der Waals surface area contributed by atoms with Crippen molar-refractivity contribution in [3.05, 3.63) is 29.8 Å². The Bertz CT molecular complexity index is 520. The number of carbonyl (C=O) groups excluding carboxylic acids is 1. The molecular formula is C18H26N2O2. The summed E-state index contributed by atoms with van der Waals surface area (Å²) in [5.41, 5.74) is 0.976. The fraction of sp³-hybridized carbons (Fsp3) is 0.611. The predicted octanol–water partition coefficient (Wildman–Crippen LogP) is 2.18. The Morgan fingerprint density at radius 1 is 1.23 bits per heavy atom. The minimum atomic E-state index is 0.211. The molecule has 2 fully saturated rings. The topological polar surface area (TPSA) is 32.8 Å². The molecule has 2 aliphatic rings. The second-order valence-electron chi connectivity index (χ2n) is 6.48. The minimum Gasteiger partial charge on any atom is -0.496 e. The van der Waals surface area contributed by atoms with Crippen LogP contribution in [0.1, 0.15) is 25.3 Å². The Balaban J connectivity index is 1.53. The number of para-hydroxylation sites is 1. The highest BCUT2D eigenvalue weighted by atomic mass is 16.5.